The summed E-state index contributed by atoms with van der Waals surface area (Å²) in [5.74, 6) is 0. The Balaban J connectivity index is 3.92. The number of hydroxylamine groups is 4. The van der Waals surface area contributed by atoms with Gasteiger partial charge in [0.05, 0.1) is 14.2 Å². The molecule has 0 saturated carbocycles. The minimum absolute atomic E-state index is 0.194. The average molecular weight is 134 g/mol. The molecule has 0 radical (unpaired) electrons. The first-order chi connectivity index (χ1) is 4.06. The number of hydrogen-bond donors (Lipinski definition) is 0. The van der Waals surface area contributed by atoms with E-state index < -0.39 is 0 Å². The van der Waals surface area contributed by atoms with Gasteiger partial charge in [0.1, 0.15) is 13.1 Å². The Labute approximate surface area is 56.7 Å². The molecule has 3 nitrogen and oxygen atoms in total. The third-order valence-electron chi connectivity index (χ3n) is 1.66. The lowest BCUT2D eigenvalue weighted by Crippen LogP contribution is -2.47. The molecule has 9 heavy (non-hydrogen) atoms. The van der Waals surface area contributed by atoms with Crippen LogP contribution in [0.1, 0.15) is 13.8 Å². The summed E-state index contributed by atoms with van der Waals surface area (Å²) < 4.78 is 0. The van der Waals surface area contributed by atoms with Crippen LogP contribution in [0.25, 0.3) is 0 Å². The van der Waals surface area contributed by atoms with Crippen molar-refractivity contribution < 1.29 is 14.5 Å². The highest BCUT2D eigenvalue weighted by atomic mass is 17.0. The SMILES string of the molecule is CO[N+](C)(OC)C(C)C. The van der Waals surface area contributed by atoms with Crippen LogP contribution in [0, 0.1) is 0 Å². The molecule has 56 valence electrons. The maximum Gasteiger partial charge on any atom is 0.146 e. The molecule has 0 N–H and O–H groups in total. The van der Waals surface area contributed by atoms with Crippen LogP contribution >= 0.6 is 0 Å². The number of quaternary nitrogens is 1. The minimum Gasteiger partial charge on any atom is -0.171 e. The quantitative estimate of drug-likeness (QED) is 0.423. The normalized spacial score (nSPS) is 12.7. The number of rotatable bonds is 3. The average Bonchev–Trinajstić information content (AvgIpc) is 1.86. The Morgan fingerprint density at radius 3 is 1.44 bits per heavy atom. The first kappa shape index (κ1) is 8.88. The van der Waals surface area contributed by atoms with Gasteiger partial charge in [-0.25, -0.2) is 0 Å². The van der Waals surface area contributed by atoms with Crippen molar-refractivity contribution in [1.82, 2.24) is 0 Å². The molecule has 0 rings (SSSR count). The summed E-state index contributed by atoms with van der Waals surface area (Å²) in [6.07, 6.45) is 0. The second-order valence-electron chi connectivity index (χ2n) is 2.37. The van der Waals surface area contributed by atoms with Crippen molar-refractivity contribution in [3.8, 4) is 0 Å². The molecule has 0 fully saturated rings. The predicted octanol–water partition coefficient (Wildman–Crippen LogP) is 0.964. The molecule has 0 spiro atoms. The Hall–Kier alpha value is -0.120. The second-order valence-corrected chi connectivity index (χ2v) is 2.37. The topological polar surface area (TPSA) is 18.5 Å². The molecule has 0 unspecified atom stereocenters. The molecular formula is C6H16NO2+. The number of nitrogens with zero attached hydrogens (tertiary/aromatic N) is 1. The molecule has 0 aromatic heterocycles. The molecule has 0 aliphatic carbocycles. The molecule has 0 aliphatic rings. The third kappa shape index (κ3) is 1.93. The lowest BCUT2D eigenvalue weighted by Gasteiger charge is -2.28. The summed E-state index contributed by atoms with van der Waals surface area (Å²) in [5.41, 5.74) is 0. The van der Waals surface area contributed by atoms with Gasteiger partial charge < -0.3 is 0 Å². The van der Waals surface area contributed by atoms with Crippen LogP contribution in [-0.2, 0) is 9.68 Å². The second kappa shape index (κ2) is 3.15. The van der Waals surface area contributed by atoms with Crippen molar-refractivity contribution >= 4 is 0 Å². The highest BCUT2D eigenvalue weighted by Gasteiger charge is 2.26. The fourth-order valence-corrected chi connectivity index (χ4v) is 0.496. The molecule has 0 aromatic carbocycles. The van der Waals surface area contributed by atoms with Crippen LogP contribution in [0.15, 0.2) is 0 Å². The summed E-state index contributed by atoms with van der Waals surface area (Å²) in [5, 5.41) is 0. The van der Waals surface area contributed by atoms with Gasteiger partial charge >= 0.3 is 0 Å². The van der Waals surface area contributed by atoms with E-state index in [1.54, 1.807) is 14.2 Å². The van der Waals surface area contributed by atoms with Crippen molar-refractivity contribution in [2.24, 2.45) is 0 Å². The highest BCUT2D eigenvalue weighted by Crippen LogP contribution is 2.08. The summed E-state index contributed by atoms with van der Waals surface area (Å²) in [6.45, 7) is 4.07. The van der Waals surface area contributed by atoms with Crippen LogP contribution in [0.3, 0.4) is 0 Å². The molecule has 0 bridgehead atoms. The third-order valence-corrected chi connectivity index (χ3v) is 1.66. The zero-order valence-electron chi connectivity index (χ0n) is 6.84. The van der Waals surface area contributed by atoms with Gasteiger partial charge in [-0.15, -0.1) is 0 Å². The zero-order valence-corrected chi connectivity index (χ0v) is 6.84. The lowest BCUT2D eigenvalue weighted by atomic mass is 10.4. The first-order valence-corrected chi connectivity index (χ1v) is 3.04. The molecular weight excluding hydrogens is 118 g/mol. The molecule has 0 saturated heterocycles. The van der Waals surface area contributed by atoms with Gasteiger partial charge in [0.2, 0.25) is 0 Å². The smallest absolute Gasteiger partial charge is 0.146 e. The summed E-state index contributed by atoms with van der Waals surface area (Å²) >= 11 is 0. The van der Waals surface area contributed by atoms with E-state index in [-0.39, 0.29) is 4.81 Å². The van der Waals surface area contributed by atoms with E-state index in [0.29, 0.717) is 6.04 Å². The molecule has 0 atom stereocenters. The van der Waals surface area contributed by atoms with Crippen molar-refractivity contribution in [3.63, 3.8) is 0 Å². The Morgan fingerprint density at radius 2 is 1.44 bits per heavy atom. The fraction of sp³-hybridized carbons (Fsp3) is 1.00. The van der Waals surface area contributed by atoms with Crippen molar-refractivity contribution in [2.45, 2.75) is 19.9 Å². The molecule has 0 aliphatic heterocycles. The van der Waals surface area contributed by atoms with E-state index >= 15 is 0 Å². The van der Waals surface area contributed by atoms with Crippen LogP contribution in [0.4, 0.5) is 0 Å². The Bertz CT molecular complexity index is 79.1. The predicted molar refractivity (Wildman–Crippen MR) is 35.3 cm³/mol. The van der Waals surface area contributed by atoms with E-state index in [2.05, 4.69) is 0 Å². The molecule has 0 heterocycles. The minimum atomic E-state index is 0.194. The van der Waals surface area contributed by atoms with Crippen LogP contribution in [-0.4, -0.2) is 32.1 Å². The zero-order chi connectivity index (χ0) is 7.49. The van der Waals surface area contributed by atoms with E-state index in [9.17, 15) is 0 Å². The number of hydrogen-bond acceptors (Lipinski definition) is 2. The molecule has 3 heteroatoms. The maximum atomic E-state index is 5.06. The van der Waals surface area contributed by atoms with Crippen LogP contribution in [0.2, 0.25) is 0 Å². The summed E-state index contributed by atoms with van der Waals surface area (Å²) in [7, 11) is 5.12. The standard InChI is InChI=1S/C6H16NO2/c1-6(2)7(3,8-4)9-5/h6H,1-5H3/q+1. The van der Waals surface area contributed by atoms with E-state index in [1.165, 1.54) is 0 Å². The van der Waals surface area contributed by atoms with Gasteiger partial charge in [0.15, 0.2) is 0 Å². The monoisotopic (exact) mass is 134 g/mol. The first-order valence-electron chi connectivity index (χ1n) is 3.04. The van der Waals surface area contributed by atoms with Gasteiger partial charge in [-0.3, -0.25) is 0 Å². The molecule has 0 aromatic rings. The van der Waals surface area contributed by atoms with Gasteiger partial charge in [-0.1, -0.05) is 0 Å². The van der Waals surface area contributed by atoms with Crippen molar-refractivity contribution in [1.29, 1.82) is 0 Å². The maximum absolute atomic E-state index is 5.06. The van der Waals surface area contributed by atoms with Gasteiger partial charge in [0, 0.05) is 0 Å². The van der Waals surface area contributed by atoms with Crippen LogP contribution in [0.5, 0.6) is 0 Å². The van der Waals surface area contributed by atoms with Crippen molar-refractivity contribution in [3.05, 3.63) is 0 Å². The fourth-order valence-electron chi connectivity index (χ4n) is 0.496. The largest absolute Gasteiger partial charge is 0.171 e. The summed E-state index contributed by atoms with van der Waals surface area (Å²) in [4.78, 5) is 10.3. The van der Waals surface area contributed by atoms with Gasteiger partial charge in [-0.2, -0.15) is 9.68 Å². The van der Waals surface area contributed by atoms with E-state index in [1.807, 2.05) is 20.9 Å². The Kier molecular flexibility index (Phi) is 3.11. The lowest BCUT2D eigenvalue weighted by molar-refractivity contribution is -1.24. The highest BCUT2D eigenvalue weighted by molar-refractivity contribution is 4.26. The molecule has 0 amide bonds. The van der Waals surface area contributed by atoms with E-state index in [0.717, 1.165) is 0 Å². The van der Waals surface area contributed by atoms with Gasteiger partial charge in [-0.05, 0) is 18.7 Å². The Morgan fingerprint density at radius 1 is 1.11 bits per heavy atom. The van der Waals surface area contributed by atoms with Crippen LogP contribution < -0.4 is 0 Å². The van der Waals surface area contributed by atoms with E-state index in [4.69, 9.17) is 9.68 Å². The summed E-state index contributed by atoms with van der Waals surface area (Å²) in [6, 6.07) is 0.319. The van der Waals surface area contributed by atoms with Crippen molar-refractivity contribution in [2.75, 3.05) is 21.3 Å². The van der Waals surface area contributed by atoms with Gasteiger partial charge in [0.25, 0.3) is 0 Å².